The van der Waals surface area contributed by atoms with E-state index >= 15 is 0 Å². The lowest BCUT2D eigenvalue weighted by molar-refractivity contribution is 0.0144. The Morgan fingerprint density at radius 2 is 2.13 bits per heavy atom. The van der Waals surface area contributed by atoms with Crippen molar-refractivity contribution < 1.29 is 13.5 Å². The van der Waals surface area contributed by atoms with Crippen LogP contribution in [-0.4, -0.2) is 12.0 Å². The highest BCUT2D eigenvalue weighted by molar-refractivity contribution is 6.20. The normalized spacial score (nSPS) is 26.6. The molecule has 0 spiro atoms. The summed E-state index contributed by atoms with van der Waals surface area (Å²) in [5, 5.41) is -0.0218. The molecular weight excluding hydrogens is 222 g/mol. The number of hydrogen-bond donors (Lipinski definition) is 0. The molecule has 0 saturated carbocycles. The molecule has 1 aliphatic rings. The lowest BCUT2D eigenvalue weighted by atomic mass is 10.0. The summed E-state index contributed by atoms with van der Waals surface area (Å²) in [5.74, 6) is -1.67. The Labute approximate surface area is 92.0 Å². The first-order valence-electron chi connectivity index (χ1n) is 4.88. The topological polar surface area (TPSA) is 9.23 Å². The Morgan fingerprint density at radius 3 is 2.87 bits per heavy atom. The maximum absolute atomic E-state index is 13.4. The molecule has 1 nitrogen and oxygen atoms in total. The predicted molar refractivity (Wildman–Crippen MR) is 53.9 cm³/mol. The maximum atomic E-state index is 13.4. The summed E-state index contributed by atoms with van der Waals surface area (Å²) in [5.41, 5.74) is 0.264. The molecule has 0 aromatic heterocycles. The van der Waals surface area contributed by atoms with Gasteiger partial charge in [0, 0.05) is 17.5 Å². The molecule has 0 aliphatic carbocycles. The van der Waals surface area contributed by atoms with Crippen LogP contribution in [0.15, 0.2) is 18.2 Å². The summed E-state index contributed by atoms with van der Waals surface area (Å²) in [4.78, 5) is 0. The molecule has 0 radical (unpaired) electrons. The minimum atomic E-state index is -0.840. The Kier molecular flexibility index (Phi) is 3.22. The fraction of sp³-hybridized carbons (Fsp3) is 0.455. The molecule has 1 aliphatic heterocycles. The summed E-state index contributed by atoms with van der Waals surface area (Å²) in [6.45, 7) is 0.495. The van der Waals surface area contributed by atoms with Crippen LogP contribution in [0.25, 0.3) is 0 Å². The van der Waals surface area contributed by atoms with Gasteiger partial charge in [-0.2, -0.15) is 0 Å². The van der Waals surface area contributed by atoms with E-state index in [1.54, 1.807) is 0 Å². The summed E-state index contributed by atoms with van der Waals surface area (Å²) >= 11 is 5.96. The van der Waals surface area contributed by atoms with Gasteiger partial charge < -0.3 is 4.74 Å². The zero-order valence-corrected chi connectivity index (χ0v) is 8.81. The minimum absolute atomic E-state index is 0.0218. The van der Waals surface area contributed by atoms with Crippen LogP contribution in [0.5, 0.6) is 0 Å². The number of ether oxygens (including phenoxy) is 1. The van der Waals surface area contributed by atoms with Crippen molar-refractivity contribution in [2.45, 2.75) is 24.3 Å². The van der Waals surface area contributed by atoms with E-state index in [4.69, 9.17) is 16.3 Å². The van der Waals surface area contributed by atoms with Gasteiger partial charge in [-0.1, -0.05) is 12.1 Å². The number of alkyl halides is 1. The van der Waals surface area contributed by atoms with E-state index in [2.05, 4.69) is 0 Å². The second-order valence-corrected chi connectivity index (χ2v) is 4.24. The second-order valence-electron chi connectivity index (χ2n) is 3.62. The van der Waals surface area contributed by atoms with Crippen molar-refractivity contribution in [3.8, 4) is 0 Å². The fourth-order valence-corrected chi connectivity index (χ4v) is 1.99. The summed E-state index contributed by atoms with van der Waals surface area (Å²) < 4.78 is 31.8. The van der Waals surface area contributed by atoms with Crippen LogP contribution in [-0.2, 0) is 4.74 Å². The van der Waals surface area contributed by atoms with Gasteiger partial charge in [0.05, 0.1) is 6.10 Å². The SMILES string of the molecule is Fc1cccc(C2CC(Cl)CCO2)c1F. The van der Waals surface area contributed by atoms with E-state index in [0.29, 0.717) is 13.0 Å². The first-order valence-corrected chi connectivity index (χ1v) is 5.31. The predicted octanol–water partition coefficient (Wildman–Crippen LogP) is 3.42. The molecule has 1 aromatic rings. The number of hydrogen-bond acceptors (Lipinski definition) is 1. The number of rotatable bonds is 1. The molecule has 1 fully saturated rings. The quantitative estimate of drug-likeness (QED) is 0.674. The van der Waals surface area contributed by atoms with Gasteiger partial charge >= 0.3 is 0 Å². The molecule has 82 valence electrons. The van der Waals surface area contributed by atoms with Crippen LogP contribution in [0.2, 0.25) is 0 Å². The zero-order chi connectivity index (χ0) is 10.8. The van der Waals surface area contributed by atoms with E-state index in [0.717, 1.165) is 12.5 Å². The third-order valence-corrected chi connectivity index (χ3v) is 2.94. The molecule has 1 aromatic carbocycles. The second kappa shape index (κ2) is 4.45. The van der Waals surface area contributed by atoms with Crippen molar-refractivity contribution in [2.24, 2.45) is 0 Å². The van der Waals surface area contributed by atoms with Gasteiger partial charge in [-0.25, -0.2) is 8.78 Å². The van der Waals surface area contributed by atoms with Crippen LogP contribution in [0.4, 0.5) is 8.78 Å². The minimum Gasteiger partial charge on any atom is -0.373 e. The average molecular weight is 233 g/mol. The van der Waals surface area contributed by atoms with Crippen molar-refractivity contribution in [1.82, 2.24) is 0 Å². The van der Waals surface area contributed by atoms with Gasteiger partial charge in [0.25, 0.3) is 0 Å². The molecule has 2 rings (SSSR count). The van der Waals surface area contributed by atoms with E-state index in [-0.39, 0.29) is 10.9 Å². The largest absolute Gasteiger partial charge is 0.373 e. The van der Waals surface area contributed by atoms with E-state index in [1.807, 2.05) is 0 Å². The van der Waals surface area contributed by atoms with E-state index < -0.39 is 17.7 Å². The average Bonchev–Trinajstić information content (AvgIpc) is 2.22. The highest BCUT2D eigenvalue weighted by atomic mass is 35.5. The van der Waals surface area contributed by atoms with Gasteiger partial charge in [0.15, 0.2) is 11.6 Å². The van der Waals surface area contributed by atoms with Crippen molar-refractivity contribution in [1.29, 1.82) is 0 Å². The molecule has 15 heavy (non-hydrogen) atoms. The van der Waals surface area contributed by atoms with Crippen LogP contribution in [0.1, 0.15) is 24.5 Å². The number of benzene rings is 1. The summed E-state index contributed by atoms with van der Waals surface area (Å²) in [6.07, 6.45) is 0.869. The number of halogens is 3. The lowest BCUT2D eigenvalue weighted by Gasteiger charge is -2.26. The van der Waals surface area contributed by atoms with Gasteiger partial charge in [0.1, 0.15) is 0 Å². The fourth-order valence-electron chi connectivity index (χ4n) is 1.74. The molecule has 1 heterocycles. The van der Waals surface area contributed by atoms with Gasteiger partial charge in [-0.05, 0) is 18.9 Å². The molecule has 1 saturated heterocycles. The van der Waals surface area contributed by atoms with E-state index in [9.17, 15) is 8.78 Å². The molecule has 2 unspecified atom stereocenters. The monoisotopic (exact) mass is 232 g/mol. The first-order chi connectivity index (χ1) is 7.18. The molecule has 0 bridgehead atoms. The standard InChI is InChI=1S/C11H11ClF2O/c12-7-4-5-15-10(6-7)8-2-1-3-9(13)11(8)14/h1-3,7,10H,4-6H2. The van der Waals surface area contributed by atoms with Crippen LogP contribution in [0, 0.1) is 11.6 Å². The van der Waals surface area contributed by atoms with Gasteiger partial charge in [-0.15, -0.1) is 11.6 Å². The molecule has 2 atom stereocenters. The van der Waals surface area contributed by atoms with Crippen LogP contribution in [0.3, 0.4) is 0 Å². The Morgan fingerprint density at radius 1 is 1.33 bits per heavy atom. The molecule has 0 amide bonds. The zero-order valence-electron chi connectivity index (χ0n) is 8.05. The third kappa shape index (κ3) is 2.29. The smallest absolute Gasteiger partial charge is 0.164 e. The molecule has 0 N–H and O–H groups in total. The van der Waals surface area contributed by atoms with Gasteiger partial charge in [-0.3, -0.25) is 0 Å². The van der Waals surface area contributed by atoms with Crippen molar-refractivity contribution >= 4 is 11.6 Å². The van der Waals surface area contributed by atoms with E-state index in [1.165, 1.54) is 12.1 Å². The Balaban J connectivity index is 2.24. The molecule has 4 heteroatoms. The maximum Gasteiger partial charge on any atom is 0.164 e. The highest BCUT2D eigenvalue weighted by Crippen LogP contribution is 2.32. The Bertz CT molecular complexity index is 356. The van der Waals surface area contributed by atoms with Crippen molar-refractivity contribution in [3.63, 3.8) is 0 Å². The first kappa shape index (κ1) is 10.8. The van der Waals surface area contributed by atoms with Crippen molar-refractivity contribution in [3.05, 3.63) is 35.4 Å². The third-order valence-electron chi connectivity index (χ3n) is 2.55. The lowest BCUT2D eigenvalue weighted by Crippen LogP contribution is -2.21. The summed E-state index contributed by atoms with van der Waals surface area (Å²) in [7, 11) is 0. The van der Waals surface area contributed by atoms with Crippen LogP contribution < -0.4 is 0 Å². The van der Waals surface area contributed by atoms with Crippen molar-refractivity contribution in [2.75, 3.05) is 6.61 Å². The summed E-state index contributed by atoms with van der Waals surface area (Å²) in [6, 6.07) is 4.12. The molecular formula is C11H11ClF2O. The Hall–Kier alpha value is -0.670. The van der Waals surface area contributed by atoms with Crippen LogP contribution >= 0.6 is 11.6 Å². The van der Waals surface area contributed by atoms with Gasteiger partial charge in [0.2, 0.25) is 0 Å². The highest BCUT2D eigenvalue weighted by Gasteiger charge is 2.25.